The van der Waals surface area contributed by atoms with Crippen molar-refractivity contribution in [3.05, 3.63) is 79.9 Å². The van der Waals surface area contributed by atoms with Crippen LogP contribution in [0.25, 0.3) is 6.08 Å². The van der Waals surface area contributed by atoms with Gasteiger partial charge in [-0.3, -0.25) is 4.79 Å². The van der Waals surface area contributed by atoms with Gasteiger partial charge in [-0.15, -0.1) is 6.42 Å². The number of nitrogens with zero attached hydrogens (tertiary/aromatic N) is 1. The second-order valence-corrected chi connectivity index (χ2v) is 8.76. The third-order valence-electron chi connectivity index (χ3n) is 4.44. The van der Waals surface area contributed by atoms with Gasteiger partial charge in [-0.2, -0.15) is 0 Å². The van der Waals surface area contributed by atoms with Crippen LogP contribution in [0.1, 0.15) is 28.4 Å². The van der Waals surface area contributed by atoms with E-state index in [1.54, 1.807) is 55.5 Å². The molecule has 1 N–H and O–H groups in total. The molecule has 0 saturated heterocycles. The molecule has 0 radical (unpaired) electrons. The zero-order valence-electron chi connectivity index (χ0n) is 17.9. The Labute approximate surface area is 204 Å². The molecule has 1 amide bonds. The first-order valence-corrected chi connectivity index (χ1v) is 11.5. The molecule has 0 bridgehead atoms. The molecule has 168 valence electrons. The van der Waals surface area contributed by atoms with Crippen LogP contribution >= 0.6 is 27.7 Å². The molecular formula is C25H20BrNO5S. The fraction of sp³-hybridized carbons (Fsp3) is 0.160. The van der Waals surface area contributed by atoms with Crippen LogP contribution < -0.4 is 4.74 Å². The maximum Gasteiger partial charge on any atom is 0.344 e. The largest absolute Gasteiger partial charge is 0.506 e. The zero-order chi connectivity index (χ0) is 24.0. The second kappa shape index (κ2) is 11.0. The van der Waals surface area contributed by atoms with Gasteiger partial charge in [0.05, 0.1) is 11.5 Å². The Morgan fingerprint density at radius 2 is 1.97 bits per heavy atom. The highest BCUT2D eigenvalue weighted by Crippen LogP contribution is 2.40. The molecule has 6 nitrogen and oxygen atoms in total. The molecular weight excluding hydrogens is 506 g/mol. The Morgan fingerprint density at radius 1 is 1.24 bits per heavy atom. The molecule has 33 heavy (non-hydrogen) atoms. The summed E-state index contributed by atoms with van der Waals surface area (Å²) < 4.78 is 11.4. The summed E-state index contributed by atoms with van der Waals surface area (Å²) in [5.41, 5.74) is 1.82. The van der Waals surface area contributed by atoms with Gasteiger partial charge in [0.25, 0.3) is 5.91 Å². The number of rotatable bonds is 6. The maximum atomic E-state index is 12.7. The number of ether oxygens (including phenoxy) is 2. The van der Waals surface area contributed by atoms with Gasteiger partial charge in [-0.1, -0.05) is 51.3 Å². The summed E-state index contributed by atoms with van der Waals surface area (Å²) in [5, 5.41) is 10.9. The van der Waals surface area contributed by atoms with Gasteiger partial charge in [-0.25, -0.2) is 9.79 Å². The highest BCUT2D eigenvalue weighted by molar-refractivity contribution is 9.10. The van der Waals surface area contributed by atoms with Crippen LogP contribution in [0.4, 0.5) is 0 Å². The van der Waals surface area contributed by atoms with Crippen LogP contribution in [-0.4, -0.2) is 35.2 Å². The second-order valence-electron chi connectivity index (χ2n) is 6.82. The summed E-state index contributed by atoms with van der Waals surface area (Å²) in [7, 11) is 0. The number of carbonyl (C=O) groups is 2. The molecule has 0 spiro atoms. The van der Waals surface area contributed by atoms with Gasteiger partial charge in [0.2, 0.25) is 0 Å². The summed E-state index contributed by atoms with van der Waals surface area (Å²) in [4.78, 5) is 29.7. The van der Waals surface area contributed by atoms with Crippen molar-refractivity contribution in [2.24, 2.45) is 4.99 Å². The minimum absolute atomic E-state index is 0.0591. The van der Waals surface area contributed by atoms with E-state index >= 15 is 0 Å². The summed E-state index contributed by atoms with van der Waals surface area (Å²) in [5.74, 6) is 1.28. The van der Waals surface area contributed by atoms with E-state index in [2.05, 4.69) is 26.8 Å². The number of amides is 1. The summed E-state index contributed by atoms with van der Waals surface area (Å²) in [6.45, 7) is 3.74. The van der Waals surface area contributed by atoms with Crippen LogP contribution in [0.3, 0.4) is 0 Å². The normalized spacial score (nSPS) is 15.6. The Bertz CT molecular complexity index is 1220. The number of esters is 1. The van der Waals surface area contributed by atoms with Gasteiger partial charge in [-0.05, 0) is 50.3 Å². The summed E-state index contributed by atoms with van der Waals surface area (Å²) in [6, 6.07) is 12.2. The average molecular weight is 526 g/mol. The van der Waals surface area contributed by atoms with Crippen molar-refractivity contribution in [3.8, 4) is 18.1 Å². The third kappa shape index (κ3) is 5.95. The fourth-order valence-corrected chi connectivity index (χ4v) is 4.25. The number of halogens is 1. The van der Waals surface area contributed by atoms with Gasteiger partial charge in [0.15, 0.2) is 0 Å². The molecule has 0 aliphatic carbocycles. The van der Waals surface area contributed by atoms with Crippen LogP contribution in [-0.2, 0) is 9.53 Å². The molecule has 1 aliphatic heterocycles. The van der Waals surface area contributed by atoms with E-state index in [1.165, 1.54) is 0 Å². The topological polar surface area (TPSA) is 85.2 Å². The molecule has 1 aliphatic rings. The quantitative estimate of drug-likeness (QED) is 0.397. The lowest BCUT2D eigenvalue weighted by atomic mass is 10.1. The standard InChI is InChI=1S/C25H20BrNO5S/c1-4-12-32-19-11-10-18(26)13-17(19)14-20-22(28)21(25(30)31-5-2)24(33-20)27-23(29)16-8-6-15(3)7-9-16/h1,6-11,13-14,28H,5,12H2,2-3H3/b20-14-,27-24?. The van der Waals surface area contributed by atoms with Crippen molar-refractivity contribution >= 4 is 50.7 Å². The molecule has 0 fully saturated rings. The van der Waals surface area contributed by atoms with Crippen LogP contribution in [0.15, 0.2) is 68.2 Å². The number of terminal acetylenes is 1. The Morgan fingerprint density at radius 3 is 2.64 bits per heavy atom. The highest BCUT2D eigenvalue weighted by atomic mass is 79.9. The smallest absolute Gasteiger partial charge is 0.344 e. The van der Waals surface area contributed by atoms with Crippen molar-refractivity contribution < 1.29 is 24.2 Å². The number of hydrogen-bond donors (Lipinski definition) is 1. The number of aliphatic hydroxyl groups is 1. The number of benzene rings is 2. The predicted molar refractivity (Wildman–Crippen MR) is 133 cm³/mol. The van der Waals surface area contributed by atoms with Crippen LogP contribution in [0, 0.1) is 19.3 Å². The number of aliphatic hydroxyl groups excluding tert-OH is 1. The molecule has 0 saturated carbocycles. The van der Waals surface area contributed by atoms with E-state index < -0.39 is 11.9 Å². The van der Waals surface area contributed by atoms with Gasteiger partial charge >= 0.3 is 5.97 Å². The van der Waals surface area contributed by atoms with E-state index in [0.717, 1.165) is 21.8 Å². The van der Waals surface area contributed by atoms with Crippen LogP contribution in [0.2, 0.25) is 0 Å². The highest BCUT2D eigenvalue weighted by Gasteiger charge is 2.34. The van der Waals surface area contributed by atoms with E-state index in [1.807, 2.05) is 6.92 Å². The van der Waals surface area contributed by atoms with Crippen LogP contribution in [0.5, 0.6) is 5.75 Å². The number of thioether (sulfide) groups is 1. The number of carbonyl (C=O) groups excluding carboxylic acids is 2. The molecule has 3 rings (SSSR count). The first-order valence-electron chi connectivity index (χ1n) is 9.90. The zero-order valence-corrected chi connectivity index (χ0v) is 20.3. The van der Waals surface area contributed by atoms with Crippen molar-refractivity contribution in [2.45, 2.75) is 13.8 Å². The third-order valence-corrected chi connectivity index (χ3v) is 5.95. The average Bonchev–Trinajstić information content (AvgIpc) is 3.08. The first kappa shape index (κ1) is 24.4. The Hall–Kier alpha value is -3.28. The van der Waals surface area contributed by atoms with Gasteiger partial charge in [0, 0.05) is 15.6 Å². The van der Waals surface area contributed by atoms with E-state index in [0.29, 0.717) is 21.8 Å². The molecule has 0 aromatic heterocycles. The maximum absolute atomic E-state index is 12.7. The summed E-state index contributed by atoms with van der Waals surface area (Å²) in [6.07, 6.45) is 6.93. The summed E-state index contributed by atoms with van der Waals surface area (Å²) >= 11 is 4.41. The van der Waals surface area contributed by atoms with Crippen molar-refractivity contribution in [1.29, 1.82) is 0 Å². The number of aliphatic imine (C=N–C) groups is 1. The Kier molecular flexibility index (Phi) is 8.15. The predicted octanol–water partition coefficient (Wildman–Crippen LogP) is 5.47. The van der Waals surface area contributed by atoms with E-state index in [-0.39, 0.29) is 29.6 Å². The lowest BCUT2D eigenvalue weighted by Gasteiger charge is -2.08. The number of aryl methyl sites for hydroxylation is 1. The van der Waals surface area contributed by atoms with E-state index in [9.17, 15) is 14.7 Å². The monoisotopic (exact) mass is 525 g/mol. The molecule has 2 aromatic carbocycles. The van der Waals surface area contributed by atoms with E-state index in [4.69, 9.17) is 15.9 Å². The lowest BCUT2D eigenvalue weighted by Crippen LogP contribution is -2.14. The van der Waals surface area contributed by atoms with Crippen molar-refractivity contribution in [3.63, 3.8) is 0 Å². The fourth-order valence-electron chi connectivity index (χ4n) is 2.87. The van der Waals surface area contributed by atoms with Crippen molar-refractivity contribution in [2.75, 3.05) is 13.2 Å². The Balaban J connectivity index is 2.04. The minimum atomic E-state index is -0.764. The molecule has 0 atom stereocenters. The lowest BCUT2D eigenvalue weighted by molar-refractivity contribution is -0.138. The molecule has 2 aromatic rings. The van der Waals surface area contributed by atoms with Crippen molar-refractivity contribution in [1.82, 2.24) is 0 Å². The molecule has 0 unspecified atom stereocenters. The first-order chi connectivity index (χ1) is 15.8. The number of hydrogen-bond acceptors (Lipinski definition) is 6. The molecule has 8 heteroatoms. The SMILES string of the molecule is C#CCOc1ccc(Br)cc1/C=C1\SC(=NC(=O)c2ccc(C)cc2)C(C(=O)OCC)=C1O. The minimum Gasteiger partial charge on any atom is -0.506 e. The van der Waals surface area contributed by atoms with Gasteiger partial charge < -0.3 is 14.6 Å². The van der Waals surface area contributed by atoms with Gasteiger partial charge in [0.1, 0.15) is 28.7 Å². The molecule has 1 heterocycles.